The maximum absolute atomic E-state index is 12.2. The molecule has 25 heavy (non-hydrogen) atoms. The van der Waals surface area contributed by atoms with Gasteiger partial charge >= 0.3 is 0 Å². The smallest absolute Gasteiger partial charge is 0.234 e. The lowest BCUT2D eigenvalue weighted by molar-refractivity contribution is -0.113. The Labute approximate surface area is 149 Å². The average molecular weight is 355 g/mol. The van der Waals surface area contributed by atoms with E-state index in [4.69, 9.17) is 4.74 Å². The summed E-state index contributed by atoms with van der Waals surface area (Å²) >= 11 is 1.47. The van der Waals surface area contributed by atoms with E-state index in [1.807, 2.05) is 48.5 Å². The summed E-state index contributed by atoms with van der Waals surface area (Å²) in [6, 6.07) is 15.0. The van der Waals surface area contributed by atoms with Crippen molar-refractivity contribution in [2.45, 2.75) is 4.90 Å². The first-order chi connectivity index (χ1) is 12.2. The van der Waals surface area contributed by atoms with Crippen LogP contribution in [0.15, 0.2) is 53.4 Å². The van der Waals surface area contributed by atoms with Crippen LogP contribution >= 0.6 is 11.8 Å². The summed E-state index contributed by atoms with van der Waals surface area (Å²) in [7, 11) is 3.40. The van der Waals surface area contributed by atoms with Crippen molar-refractivity contribution in [3.8, 4) is 17.1 Å². The van der Waals surface area contributed by atoms with E-state index in [2.05, 4.69) is 20.8 Å². The van der Waals surface area contributed by atoms with E-state index in [1.165, 1.54) is 11.8 Å². The summed E-state index contributed by atoms with van der Waals surface area (Å²) in [5, 5.41) is 14.3. The molecule has 128 valence electrons. The molecule has 0 saturated heterocycles. The molecule has 0 aliphatic carbocycles. The summed E-state index contributed by atoms with van der Waals surface area (Å²) in [6.07, 6.45) is 0. The SMILES string of the molecule is COc1ccc(SCC(=O)Nc2cccc(-c3nnnn3C)c2)cc1. The minimum Gasteiger partial charge on any atom is -0.497 e. The Morgan fingerprint density at radius 1 is 1.24 bits per heavy atom. The fraction of sp³-hybridized carbons (Fsp3) is 0.176. The van der Waals surface area contributed by atoms with Gasteiger partial charge in [0.25, 0.3) is 0 Å². The summed E-state index contributed by atoms with van der Waals surface area (Å²) in [6.45, 7) is 0. The Hall–Kier alpha value is -2.87. The van der Waals surface area contributed by atoms with Crippen LogP contribution in [-0.4, -0.2) is 39.0 Å². The molecule has 8 heteroatoms. The van der Waals surface area contributed by atoms with Crippen molar-refractivity contribution in [2.24, 2.45) is 7.05 Å². The third-order valence-corrected chi connectivity index (χ3v) is 4.47. The summed E-state index contributed by atoms with van der Waals surface area (Å²) in [5.74, 6) is 1.68. The number of ether oxygens (including phenoxy) is 1. The molecule has 0 spiro atoms. The van der Waals surface area contributed by atoms with Crippen molar-refractivity contribution < 1.29 is 9.53 Å². The second kappa shape index (κ2) is 7.80. The van der Waals surface area contributed by atoms with Gasteiger partial charge in [0.15, 0.2) is 5.82 Å². The molecule has 1 N–H and O–H groups in total. The average Bonchev–Trinajstić information content (AvgIpc) is 3.06. The fourth-order valence-corrected chi connectivity index (χ4v) is 2.93. The fourth-order valence-electron chi connectivity index (χ4n) is 2.23. The predicted octanol–water partition coefficient (Wildman–Crippen LogP) is 2.62. The topological polar surface area (TPSA) is 81.9 Å². The van der Waals surface area contributed by atoms with Gasteiger partial charge in [0.2, 0.25) is 5.91 Å². The number of benzene rings is 2. The lowest BCUT2D eigenvalue weighted by Gasteiger charge is -2.07. The first-order valence-corrected chi connectivity index (χ1v) is 8.54. The van der Waals surface area contributed by atoms with Crippen LogP contribution in [0.4, 0.5) is 5.69 Å². The highest BCUT2D eigenvalue weighted by Crippen LogP contribution is 2.22. The van der Waals surface area contributed by atoms with Crippen molar-refractivity contribution in [3.05, 3.63) is 48.5 Å². The maximum Gasteiger partial charge on any atom is 0.234 e. The highest BCUT2D eigenvalue weighted by atomic mass is 32.2. The number of hydrogen-bond donors (Lipinski definition) is 1. The van der Waals surface area contributed by atoms with Crippen LogP contribution in [0.1, 0.15) is 0 Å². The number of aryl methyl sites for hydroxylation is 1. The van der Waals surface area contributed by atoms with E-state index in [0.29, 0.717) is 17.3 Å². The van der Waals surface area contributed by atoms with Gasteiger partial charge in [-0.25, -0.2) is 4.68 Å². The molecule has 0 radical (unpaired) electrons. The number of thioether (sulfide) groups is 1. The molecule has 0 saturated carbocycles. The number of methoxy groups -OCH3 is 1. The number of tetrazole rings is 1. The Morgan fingerprint density at radius 2 is 2.04 bits per heavy atom. The third-order valence-electron chi connectivity index (χ3n) is 3.45. The lowest BCUT2D eigenvalue weighted by Crippen LogP contribution is -2.14. The van der Waals surface area contributed by atoms with Gasteiger partial charge < -0.3 is 10.1 Å². The second-order valence-electron chi connectivity index (χ2n) is 5.22. The number of nitrogens with one attached hydrogen (secondary N) is 1. The largest absolute Gasteiger partial charge is 0.497 e. The summed E-state index contributed by atoms with van der Waals surface area (Å²) in [4.78, 5) is 13.2. The molecule has 0 aliphatic heterocycles. The first kappa shape index (κ1) is 17.0. The number of hydrogen-bond acceptors (Lipinski definition) is 6. The number of carbonyl (C=O) groups excluding carboxylic acids is 1. The number of rotatable bonds is 6. The number of aromatic nitrogens is 4. The van der Waals surface area contributed by atoms with Gasteiger partial charge in [-0.05, 0) is 46.8 Å². The van der Waals surface area contributed by atoms with Crippen LogP contribution in [0.2, 0.25) is 0 Å². The second-order valence-corrected chi connectivity index (χ2v) is 6.27. The number of amides is 1. The molecule has 3 aromatic rings. The normalized spacial score (nSPS) is 10.5. The monoisotopic (exact) mass is 355 g/mol. The predicted molar refractivity (Wildman–Crippen MR) is 96.6 cm³/mol. The number of carbonyl (C=O) groups is 1. The first-order valence-electron chi connectivity index (χ1n) is 7.55. The third kappa shape index (κ3) is 4.36. The molecular formula is C17H17N5O2S. The van der Waals surface area contributed by atoms with Crippen molar-refractivity contribution in [2.75, 3.05) is 18.2 Å². The molecule has 3 rings (SSSR count). The van der Waals surface area contributed by atoms with E-state index < -0.39 is 0 Å². The minimum atomic E-state index is -0.0749. The van der Waals surface area contributed by atoms with Crippen molar-refractivity contribution in [1.29, 1.82) is 0 Å². The quantitative estimate of drug-likeness (QED) is 0.685. The Kier molecular flexibility index (Phi) is 5.30. The summed E-state index contributed by atoms with van der Waals surface area (Å²) < 4.78 is 6.70. The summed E-state index contributed by atoms with van der Waals surface area (Å²) in [5.41, 5.74) is 1.55. The molecule has 7 nitrogen and oxygen atoms in total. The van der Waals surface area contributed by atoms with E-state index in [0.717, 1.165) is 16.2 Å². The Morgan fingerprint density at radius 3 is 2.72 bits per heavy atom. The van der Waals surface area contributed by atoms with Gasteiger partial charge in [0, 0.05) is 23.2 Å². The van der Waals surface area contributed by atoms with Crippen LogP contribution in [0, 0.1) is 0 Å². The standard InChI is InChI=1S/C17H17N5O2S/c1-22-17(19-20-21-22)12-4-3-5-13(10-12)18-16(23)11-25-15-8-6-14(24-2)7-9-15/h3-10H,11H2,1-2H3,(H,18,23). The molecular weight excluding hydrogens is 338 g/mol. The van der Waals surface area contributed by atoms with E-state index in [9.17, 15) is 4.79 Å². The highest BCUT2D eigenvalue weighted by molar-refractivity contribution is 8.00. The van der Waals surface area contributed by atoms with E-state index in [1.54, 1.807) is 18.8 Å². The van der Waals surface area contributed by atoms with E-state index in [-0.39, 0.29) is 5.91 Å². The Balaban J connectivity index is 1.60. The maximum atomic E-state index is 12.2. The van der Waals surface area contributed by atoms with E-state index >= 15 is 0 Å². The van der Waals surface area contributed by atoms with Gasteiger partial charge in [-0.15, -0.1) is 16.9 Å². The highest BCUT2D eigenvalue weighted by Gasteiger charge is 2.08. The molecule has 0 aliphatic rings. The van der Waals surface area contributed by atoms with Crippen LogP contribution in [0.5, 0.6) is 5.75 Å². The molecule has 1 amide bonds. The van der Waals surface area contributed by atoms with Gasteiger partial charge in [0.05, 0.1) is 12.9 Å². The van der Waals surface area contributed by atoms with Crippen LogP contribution in [-0.2, 0) is 11.8 Å². The van der Waals surface area contributed by atoms with Crippen molar-refractivity contribution in [1.82, 2.24) is 20.2 Å². The molecule has 0 atom stereocenters. The molecule has 1 heterocycles. The van der Waals surface area contributed by atoms with Crippen molar-refractivity contribution >= 4 is 23.4 Å². The van der Waals surface area contributed by atoms with Gasteiger partial charge in [-0.3, -0.25) is 4.79 Å². The zero-order chi connectivity index (χ0) is 17.6. The molecule has 0 unspecified atom stereocenters. The van der Waals surface area contributed by atoms with Crippen LogP contribution in [0.25, 0.3) is 11.4 Å². The molecule has 0 bridgehead atoms. The molecule has 1 aromatic heterocycles. The number of anilines is 1. The molecule has 2 aromatic carbocycles. The van der Waals surface area contributed by atoms with Gasteiger partial charge in [-0.2, -0.15) is 0 Å². The van der Waals surface area contributed by atoms with Crippen LogP contribution < -0.4 is 10.1 Å². The lowest BCUT2D eigenvalue weighted by atomic mass is 10.2. The van der Waals surface area contributed by atoms with Crippen molar-refractivity contribution in [3.63, 3.8) is 0 Å². The van der Waals surface area contributed by atoms with Gasteiger partial charge in [-0.1, -0.05) is 12.1 Å². The number of nitrogens with zero attached hydrogens (tertiary/aromatic N) is 4. The zero-order valence-corrected chi connectivity index (χ0v) is 14.7. The zero-order valence-electron chi connectivity index (χ0n) is 13.8. The Bertz CT molecular complexity index is 863. The molecule has 0 fully saturated rings. The van der Waals surface area contributed by atoms with Gasteiger partial charge in [0.1, 0.15) is 5.75 Å². The van der Waals surface area contributed by atoms with Crippen LogP contribution in [0.3, 0.4) is 0 Å². The minimum absolute atomic E-state index is 0.0749.